The number of carbonyl (C=O) groups is 1. The molecule has 0 saturated carbocycles. The highest BCUT2D eigenvalue weighted by molar-refractivity contribution is 5.99. The van der Waals surface area contributed by atoms with Crippen molar-refractivity contribution in [3.63, 3.8) is 0 Å². The van der Waals surface area contributed by atoms with Crippen LogP contribution in [0.5, 0.6) is 0 Å². The van der Waals surface area contributed by atoms with Gasteiger partial charge in [-0.15, -0.1) is 0 Å². The second kappa shape index (κ2) is 3.74. The summed E-state index contributed by atoms with van der Waals surface area (Å²) in [6.45, 7) is 6.21. The maximum Gasteiger partial charge on any atom is 0.163 e. The highest BCUT2D eigenvalue weighted by Crippen LogP contribution is 2.22. The molecule has 0 aliphatic carbocycles. The molecular formula is C13H16N2O. The fourth-order valence-corrected chi connectivity index (χ4v) is 1.69. The minimum Gasteiger partial charge on any atom is -0.345 e. The van der Waals surface area contributed by atoms with Gasteiger partial charge in [0.25, 0.3) is 0 Å². The lowest BCUT2D eigenvalue weighted by molar-refractivity contribution is 0.0940. The van der Waals surface area contributed by atoms with Crippen LogP contribution in [0.2, 0.25) is 0 Å². The van der Waals surface area contributed by atoms with Crippen LogP contribution in [0.3, 0.4) is 0 Å². The van der Waals surface area contributed by atoms with Crippen LogP contribution < -0.4 is 0 Å². The molecule has 3 heteroatoms. The first-order valence-corrected chi connectivity index (χ1v) is 5.42. The van der Waals surface area contributed by atoms with E-state index >= 15 is 0 Å². The number of fused-ring (bicyclic) bond motifs is 1. The summed E-state index contributed by atoms with van der Waals surface area (Å²) in [6.07, 6.45) is 2.20. The molecule has 1 heterocycles. The third-order valence-corrected chi connectivity index (χ3v) is 2.43. The van der Waals surface area contributed by atoms with Gasteiger partial charge in [0.15, 0.2) is 5.78 Å². The molecule has 0 aliphatic rings. The van der Waals surface area contributed by atoms with Gasteiger partial charge in [0.1, 0.15) is 0 Å². The monoisotopic (exact) mass is 216 g/mol. The molecule has 1 aromatic carbocycles. The van der Waals surface area contributed by atoms with Gasteiger partial charge in [-0.25, -0.2) is 4.98 Å². The van der Waals surface area contributed by atoms with E-state index in [4.69, 9.17) is 0 Å². The van der Waals surface area contributed by atoms with E-state index in [9.17, 15) is 4.79 Å². The first-order valence-electron chi connectivity index (χ1n) is 5.42. The summed E-state index contributed by atoms with van der Waals surface area (Å²) >= 11 is 0. The molecule has 84 valence electrons. The molecule has 0 radical (unpaired) electrons. The molecule has 1 aromatic heterocycles. The smallest absolute Gasteiger partial charge is 0.163 e. The van der Waals surface area contributed by atoms with Crippen LogP contribution in [0.25, 0.3) is 11.0 Å². The summed E-state index contributed by atoms with van der Waals surface area (Å²) in [4.78, 5) is 19.1. The van der Waals surface area contributed by atoms with E-state index in [1.807, 2.05) is 18.2 Å². The molecular weight excluding hydrogens is 200 g/mol. The van der Waals surface area contributed by atoms with E-state index in [0.29, 0.717) is 6.42 Å². The molecule has 0 fully saturated rings. The van der Waals surface area contributed by atoms with Gasteiger partial charge in [0.2, 0.25) is 0 Å². The number of rotatable bonds is 2. The van der Waals surface area contributed by atoms with Gasteiger partial charge < -0.3 is 4.98 Å². The minimum absolute atomic E-state index is 0.0278. The summed E-state index contributed by atoms with van der Waals surface area (Å²) in [5, 5.41) is 0. The highest BCUT2D eigenvalue weighted by Gasteiger charge is 2.17. The Bertz CT molecular complexity index is 520. The largest absolute Gasteiger partial charge is 0.345 e. The quantitative estimate of drug-likeness (QED) is 0.783. The normalized spacial score (nSPS) is 11.9. The van der Waals surface area contributed by atoms with Crippen molar-refractivity contribution in [1.29, 1.82) is 0 Å². The summed E-state index contributed by atoms with van der Waals surface area (Å²) in [5.41, 5.74) is 2.60. The molecule has 2 rings (SSSR count). The Labute approximate surface area is 94.9 Å². The minimum atomic E-state index is 0.0278. The number of nitrogens with one attached hydrogen (secondary N) is 1. The Morgan fingerprint density at radius 3 is 2.81 bits per heavy atom. The van der Waals surface area contributed by atoms with E-state index in [0.717, 1.165) is 16.6 Å². The van der Waals surface area contributed by atoms with E-state index in [-0.39, 0.29) is 11.2 Å². The third-order valence-electron chi connectivity index (χ3n) is 2.43. The molecule has 3 nitrogen and oxygen atoms in total. The van der Waals surface area contributed by atoms with E-state index < -0.39 is 0 Å². The lowest BCUT2D eigenvalue weighted by Crippen LogP contribution is -2.12. The Morgan fingerprint density at radius 1 is 1.38 bits per heavy atom. The first kappa shape index (κ1) is 10.9. The molecule has 0 unspecified atom stereocenters. The van der Waals surface area contributed by atoms with Gasteiger partial charge in [-0.1, -0.05) is 20.8 Å². The van der Waals surface area contributed by atoms with Crippen LogP contribution in [-0.2, 0) is 0 Å². The fourth-order valence-electron chi connectivity index (χ4n) is 1.69. The van der Waals surface area contributed by atoms with Crippen LogP contribution in [-0.4, -0.2) is 15.8 Å². The van der Waals surface area contributed by atoms with Crippen molar-refractivity contribution in [2.45, 2.75) is 27.2 Å². The molecule has 0 aliphatic heterocycles. The maximum atomic E-state index is 12.0. The Kier molecular flexibility index (Phi) is 2.54. The van der Waals surface area contributed by atoms with E-state index in [1.54, 1.807) is 6.33 Å². The second-order valence-electron chi connectivity index (χ2n) is 5.30. The molecule has 0 amide bonds. The van der Waals surface area contributed by atoms with Crippen molar-refractivity contribution in [2.75, 3.05) is 0 Å². The lowest BCUT2D eigenvalue weighted by Gasteiger charge is -2.16. The van der Waals surface area contributed by atoms with Crippen LogP contribution in [0.1, 0.15) is 37.6 Å². The molecule has 1 N–H and O–H groups in total. The predicted molar refractivity (Wildman–Crippen MR) is 64.5 cm³/mol. The van der Waals surface area contributed by atoms with Crippen molar-refractivity contribution in [2.24, 2.45) is 5.41 Å². The zero-order chi connectivity index (χ0) is 11.8. The number of benzene rings is 1. The number of ketones is 1. The van der Waals surface area contributed by atoms with Crippen molar-refractivity contribution in [3.05, 3.63) is 30.1 Å². The number of nitrogens with zero attached hydrogens (tertiary/aromatic N) is 1. The zero-order valence-corrected chi connectivity index (χ0v) is 9.87. The molecule has 0 saturated heterocycles. The van der Waals surface area contributed by atoms with E-state index in [1.165, 1.54) is 0 Å². The SMILES string of the molecule is CC(C)(C)CC(=O)c1ccc2nc[nH]c2c1. The van der Waals surface area contributed by atoms with E-state index in [2.05, 4.69) is 30.7 Å². The second-order valence-corrected chi connectivity index (χ2v) is 5.30. The first-order chi connectivity index (χ1) is 7.46. The zero-order valence-electron chi connectivity index (χ0n) is 9.87. The lowest BCUT2D eigenvalue weighted by atomic mass is 9.88. The average molecular weight is 216 g/mol. The van der Waals surface area contributed by atoms with Gasteiger partial charge in [0, 0.05) is 12.0 Å². The van der Waals surface area contributed by atoms with Gasteiger partial charge in [-0.05, 0) is 23.6 Å². The number of Topliss-reactive ketones (excluding diaryl/α,β-unsaturated/α-hetero) is 1. The van der Waals surface area contributed by atoms with Crippen LogP contribution >= 0.6 is 0 Å². The Balaban J connectivity index is 2.29. The van der Waals surface area contributed by atoms with Crippen molar-refractivity contribution in [1.82, 2.24) is 9.97 Å². The number of aromatic nitrogens is 2. The van der Waals surface area contributed by atoms with Gasteiger partial charge >= 0.3 is 0 Å². The Morgan fingerprint density at radius 2 is 2.12 bits per heavy atom. The third kappa shape index (κ3) is 2.30. The molecule has 0 bridgehead atoms. The number of aromatic amines is 1. The van der Waals surface area contributed by atoms with Gasteiger partial charge in [-0.3, -0.25) is 4.79 Å². The average Bonchev–Trinajstić information content (AvgIpc) is 2.61. The summed E-state index contributed by atoms with van der Waals surface area (Å²) in [6, 6.07) is 5.59. The topological polar surface area (TPSA) is 45.8 Å². The molecule has 0 atom stereocenters. The van der Waals surface area contributed by atoms with Crippen LogP contribution in [0, 0.1) is 5.41 Å². The number of imidazole rings is 1. The maximum absolute atomic E-state index is 12.0. The van der Waals surface area contributed by atoms with Gasteiger partial charge in [0.05, 0.1) is 17.4 Å². The predicted octanol–water partition coefficient (Wildman–Crippen LogP) is 3.18. The van der Waals surface area contributed by atoms with Gasteiger partial charge in [-0.2, -0.15) is 0 Å². The summed E-state index contributed by atoms with van der Waals surface area (Å²) in [7, 11) is 0. The fraction of sp³-hybridized carbons (Fsp3) is 0.385. The summed E-state index contributed by atoms with van der Waals surface area (Å²) < 4.78 is 0. The molecule has 2 aromatic rings. The highest BCUT2D eigenvalue weighted by atomic mass is 16.1. The number of carbonyl (C=O) groups excluding carboxylic acids is 1. The Hall–Kier alpha value is -1.64. The van der Waals surface area contributed by atoms with Crippen LogP contribution in [0.15, 0.2) is 24.5 Å². The van der Waals surface area contributed by atoms with Crippen molar-refractivity contribution in [3.8, 4) is 0 Å². The molecule has 16 heavy (non-hydrogen) atoms. The number of hydrogen-bond acceptors (Lipinski definition) is 2. The van der Waals surface area contributed by atoms with Crippen molar-refractivity contribution >= 4 is 16.8 Å². The molecule has 0 spiro atoms. The number of hydrogen-bond donors (Lipinski definition) is 1. The van der Waals surface area contributed by atoms with Crippen molar-refractivity contribution < 1.29 is 4.79 Å². The summed E-state index contributed by atoms with van der Waals surface area (Å²) in [5.74, 6) is 0.184. The number of H-pyrrole nitrogens is 1. The van der Waals surface area contributed by atoms with Crippen LogP contribution in [0.4, 0.5) is 0 Å². The standard InChI is InChI=1S/C13H16N2O/c1-13(2,3)7-12(16)9-4-5-10-11(6-9)15-8-14-10/h4-6,8H,7H2,1-3H3,(H,14,15).